The number of carbonyl (C=O) groups excluding carboxylic acids is 1. The molecular formula is C16H9Cl2F2N5O3. The van der Waals surface area contributed by atoms with Gasteiger partial charge in [-0.15, -0.1) is 8.78 Å². The number of benzene rings is 1. The number of fused-ring (bicyclic) bond motifs is 1. The number of ether oxygens (including phenoxy) is 2. The van der Waals surface area contributed by atoms with Crippen molar-refractivity contribution in [2.75, 3.05) is 5.32 Å². The van der Waals surface area contributed by atoms with E-state index in [0.29, 0.717) is 5.56 Å². The molecule has 0 saturated heterocycles. The van der Waals surface area contributed by atoms with Crippen LogP contribution in [0.2, 0.25) is 10.0 Å². The summed E-state index contributed by atoms with van der Waals surface area (Å²) in [5, 5.41) is 6.72. The first-order chi connectivity index (χ1) is 13.2. The number of nitrogens with one attached hydrogen (secondary N) is 1. The second kappa shape index (κ2) is 6.57. The Hall–Kier alpha value is -2.98. The van der Waals surface area contributed by atoms with Gasteiger partial charge in [-0.1, -0.05) is 23.2 Å². The monoisotopic (exact) mass is 427 g/mol. The van der Waals surface area contributed by atoms with Crippen LogP contribution in [0.1, 0.15) is 10.5 Å². The minimum atomic E-state index is -3.75. The van der Waals surface area contributed by atoms with Crippen molar-refractivity contribution in [2.24, 2.45) is 7.05 Å². The fourth-order valence-electron chi connectivity index (χ4n) is 2.54. The molecule has 144 valence electrons. The van der Waals surface area contributed by atoms with Crippen LogP contribution in [-0.4, -0.2) is 32.0 Å². The normalized spacial score (nSPS) is 14.2. The summed E-state index contributed by atoms with van der Waals surface area (Å²) in [4.78, 5) is 20.5. The van der Waals surface area contributed by atoms with E-state index in [1.165, 1.54) is 35.4 Å². The number of aromatic nitrogens is 4. The summed E-state index contributed by atoms with van der Waals surface area (Å²) in [5.74, 6) is -0.720. The van der Waals surface area contributed by atoms with Gasteiger partial charge in [0.15, 0.2) is 17.3 Å². The molecule has 1 N–H and O–H groups in total. The number of carbonyl (C=O) groups is 1. The minimum absolute atomic E-state index is 0.118. The molecule has 28 heavy (non-hydrogen) atoms. The highest BCUT2D eigenvalue weighted by Gasteiger charge is 2.43. The van der Waals surface area contributed by atoms with E-state index in [2.05, 4.69) is 29.9 Å². The summed E-state index contributed by atoms with van der Waals surface area (Å²) < 4.78 is 36.4. The van der Waals surface area contributed by atoms with Gasteiger partial charge in [-0.3, -0.25) is 14.5 Å². The van der Waals surface area contributed by atoms with Gasteiger partial charge in [0.1, 0.15) is 5.69 Å². The maximum absolute atomic E-state index is 13.2. The van der Waals surface area contributed by atoms with Crippen LogP contribution in [0, 0.1) is 0 Å². The number of aryl methyl sites for hydroxylation is 1. The van der Waals surface area contributed by atoms with E-state index < -0.39 is 12.2 Å². The Labute approximate surface area is 166 Å². The molecule has 0 unspecified atom stereocenters. The third kappa shape index (κ3) is 3.32. The lowest BCUT2D eigenvalue weighted by Crippen LogP contribution is -2.25. The van der Waals surface area contributed by atoms with Crippen LogP contribution in [0.4, 0.5) is 14.6 Å². The van der Waals surface area contributed by atoms with E-state index >= 15 is 0 Å². The Balaban J connectivity index is 1.57. The van der Waals surface area contributed by atoms with E-state index in [9.17, 15) is 13.6 Å². The van der Waals surface area contributed by atoms with Crippen molar-refractivity contribution < 1.29 is 23.0 Å². The Morgan fingerprint density at radius 1 is 1.11 bits per heavy atom. The minimum Gasteiger partial charge on any atom is -0.395 e. The molecule has 1 amide bonds. The highest BCUT2D eigenvalue weighted by Crippen LogP contribution is 2.45. The largest absolute Gasteiger partial charge is 0.586 e. The van der Waals surface area contributed by atoms with Crippen LogP contribution in [0.5, 0.6) is 11.5 Å². The number of halogens is 4. The smallest absolute Gasteiger partial charge is 0.395 e. The first kappa shape index (κ1) is 18.4. The molecule has 1 aromatic carbocycles. The Bertz CT molecular complexity index is 1070. The number of rotatable bonds is 3. The maximum Gasteiger partial charge on any atom is 0.586 e. The van der Waals surface area contributed by atoms with Crippen molar-refractivity contribution in [1.82, 2.24) is 19.7 Å². The standard InChI is InChI=1S/C16H9Cl2F2N5O3/c1-25-14(9(18)4-23-25)15(26)24-13-6-21-10(5-22-13)7-2-11-12(3-8(7)17)28-16(19,20)27-11/h2-6H,1H3,(H,22,24,26). The third-order valence-corrected chi connectivity index (χ3v) is 4.36. The van der Waals surface area contributed by atoms with Gasteiger partial charge in [0.05, 0.1) is 34.3 Å². The zero-order valence-electron chi connectivity index (χ0n) is 13.9. The van der Waals surface area contributed by atoms with Crippen LogP contribution in [0.15, 0.2) is 30.7 Å². The van der Waals surface area contributed by atoms with Gasteiger partial charge < -0.3 is 14.8 Å². The molecule has 3 aromatic rings. The van der Waals surface area contributed by atoms with Crippen molar-refractivity contribution in [2.45, 2.75) is 6.29 Å². The van der Waals surface area contributed by atoms with Gasteiger partial charge in [0, 0.05) is 18.7 Å². The van der Waals surface area contributed by atoms with Gasteiger partial charge in [-0.25, -0.2) is 4.98 Å². The van der Waals surface area contributed by atoms with E-state index in [1.807, 2.05) is 0 Å². The quantitative estimate of drug-likeness (QED) is 0.684. The molecule has 0 fully saturated rings. The summed E-state index contributed by atoms with van der Waals surface area (Å²) in [7, 11) is 1.57. The van der Waals surface area contributed by atoms with E-state index in [0.717, 1.165) is 0 Å². The summed E-state index contributed by atoms with van der Waals surface area (Å²) in [6, 6.07) is 2.48. The molecule has 1 aliphatic rings. The van der Waals surface area contributed by atoms with Crippen LogP contribution in [0.3, 0.4) is 0 Å². The highest BCUT2D eigenvalue weighted by atomic mass is 35.5. The van der Waals surface area contributed by atoms with Crippen molar-refractivity contribution >= 4 is 34.9 Å². The molecule has 12 heteroatoms. The number of hydrogen-bond acceptors (Lipinski definition) is 6. The zero-order valence-corrected chi connectivity index (χ0v) is 15.4. The summed E-state index contributed by atoms with van der Waals surface area (Å²) in [6.07, 6.45) is 0.197. The lowest BCUT2D eigenvalue weighted by molar-refractivity contribution is -0.286. The number of hydrogen-bond donors (Lipinski definition) is 1. The molecule has 3 heterocycles. The SMILES string of the molecule is Cn1ncc(Cl)c1C(=O)Nc1cnc(-c2cc3c(cc2Cl)OC(F)(F)O3)cn1. The molecule has 8 nitrogen and oxygen atoms in total. The van der Waals surface area contributed by atoms with E-state index in [-0.39, 0.29) is 38.8 Å². The molecule has 4 rings (SSSR count). The molecular weight excluding hydrogens is 419 g/mol. The Kier molecular flexibility index (Phi) is 4.31. The first-order valence-electron chi connectivity index (χ1n) is 7.64. The second-order valence-corrected chi connectivity index (χ2v) is 6.47. The lowest BCUT2D eigenvalue weighted by Gasteiger charge is -2.07. The maximum atomic E-state index is 13.2. The zero-order chi connectivity index (χ0) is 20.1. The van der Waals surface area contributed by atoms with Gasteiger partial charge in [0.2, 0.25) is 0 Å². The van der Waals surface area contributed by atoms with E-state index in [1.54, 1.807) is 7.05 Å². The van der Waals surface area contributed by atoms with Gasteiger partial charge in [-0.2, -0.15) is 5.10 Å². The van der Waals surface area contributed by atoms with Crippen molar-refractivity contribution in [3.05, 3.63) is 46.5 Å². The molecule has 0 aliphatic carbocycles. The molecule has 0 spiro atoms. The predicted octanol–water partition coefficient (Wildman–Crippen LogP) is 3.76. The van der Waals surface area contributed by atoms with Gasteiger partial charge in [0.25, 0.3) is 5.91 Å². The number of alkyl halides is 2. The molecule has 0 saturated carbocycles. The van der Waals surface area contributed by atoms with Gasteiger partial charge in [-0.05, 0) is 6.07 Å². The summed E-state index contributed by atoms with van der Waals surface area (Å²) >= 11 is 12.0. The Morgan fingerprint density at radius 3 is 2.43 bits per heavy atom. The number of nitrogens with zero attached hydrogens (tertiary/aromatic N) is 4. The van der Waals surface area contributed by atoms with E-state index in [4.69, 9.17) is 23.2 Å². The topological polar surface area (TPSA) is 91.2 Å². The third-order valence-electron chi connectivity index (χ3n) is 3.77. The average Bonchev–Trinajstić information content (AvgIpc) is 3.11. The van der Waals surface area contributed by atoms with Gasteiger partial charge >= 0.3 is 6.29 Å². The van der Waals surface area contributed by atoms with Crippen LogP contribution in [-0.2, 0) is 7.05 Å². The molecule has 0 radical (unpaired) electrons. The highest BCUT2D eigenvalue weighted by molar-refractivity contribution is 6.34. The van der Waals surface area contributed by atoms with Crippen LogP contribution >= 0.6 is 23.2 Å². The van der Waals surface area contributed by atoms with Crippen molar-refractivity contribution in [3.8, 4) is 22.8 Å². The Morgan fingerprint density at radius 2 is 1.82 bits per heavy atom. The van der Waals surface area contributed by atoms with Crippen molar-refractivity contribution in [3.63, 3.8) is 0 Å². The van der Waals surface area contributed by atoms with Crippen LogP contribution in [0.25, 0.3) is 11.3 Å². The predicted molar refractivity (Wildman–Crippen MR) is 94.9 cm³/mol. The van der Waals surface area contributed by atoms with Crippen molar-refractivity contribution in [1.29, 1.82) is 0 Å². The summed E-state index contributed by atoms with van der Waals surface area (Å²) in [5.41, 5.74) is 0.747. The number of amides is 1. The molecule has 0 atom stereocenters. The molecule has 0 bridgehead atoms. The fourth-order valence-corrected chi connectivity index (χ4v) is 3.04. The van der Waals surface area contributed by atoms with Crippen LogP contribution < -0.4 is 14.8 Å². The summed E-state index contributed by atoms with van der Waals surface area (Å²) in [6.45, 7) is 0. The lowest BCUT2D eigenvalue weighted by atomic mass is 10.1. The molecule has 2 aromatic heterocycles. The first-order valence-corrected chi connectivity index (χ1v) is 8.40. The fraction of sp³-hybridized carbons (Fsp3) is 0.125. The second-order valence-electron chi connectivity index (χ2n) is 5.65. The average molecular weight is 428 g/mol. The number of anilines is 1. The molecule has 1 aliphatic heterocycles.